The van der Waals surface area contributed by atoms with Crippen LogP contribution in [0.1, 0.15) is 5.69 Å². The van der Waals surface area contributed by atoms with Crippen LogP contribution in [0.25, 0.3) is 0 Å². The molecule has 0 atom stereocenters. The lowest BCUT2D eigenvalue weighted by molar-refractivity contribution is 0.260. The first-order valence-corrected chi connectivity index (χ1v) is 7.60. The van der Waals surface area contributed by atoms with Crippen molar-refractivity contribution in [3.8, 4) is 5.75 Å². The zero-order valence-electron chi connectivity index (χ0n) is 11.6. The lowest BCUT2D eigenvalue weighted by Gasteiger charge is -2.14. The lowest BCUT2D eigenvalue weighted by Crippen LogP contribution is -2.23. The number of aromatic nitrogens is 1. The normalized spacial score (nSPS) is 11.5. The van der Waals surface area contributed by atoms with Gasteiger partial charge in [-0.3, -0.25) is 4.98 Å². The van der Waals surface area contributed by atoms with E-state index in [0.717, 1.165) is 7.05 Å². The van der Waals surface area contributed by atoms with Crippen LogP contribution in [0.2, 0.25) is 0 Å². The van der Waals surface area contributed by atoms with Crippen LogP contribution in [0, 0.1) is 23.3 Å². The number of benzene rings is 1. The predicted octanol–water partition coefficient (Wildman–Crippen LogP) is 2.13. The number of halogens is 4. The summed E-state index contributed by atoms with van der Waals surface area (Å²) in [5.41, 5.74) is 0.241. The zero-order chi connectivity index (χ0) is 17.2. The van der Waals surface area contributed by atoms with E-state index in [2.05, 4.69) is 4.98 Å². The first-order chi connectivity index (χ1) is 10.8. The van der Waals surface area contributed by atoms with E-state index in [1.54, 1.807) is 16.9 Å². The van der Waals surface area contributed by atoms with Gasteiger partial charge < -0.3 is 4.74 Å². The summed E-state index contributed by atoms with van der Waals surface area (Å²) in [4.78, 5) is 2.37. The van der Waals surface area contributed by atoms with Crippen LogP contribution >= 0.6 is 0 Å². The Labute approximate surface area is 129 Å². The minimum Gasteiger partial charge on any atom is -0.483 e. The van der Waals surface area contributed by atoms with Crippen molar-refractivity contribution in [2.75, 3.05) is 7.05 Å². The summed E-state index contributed by atoms with van der Waals surface area (Å²) in [5.74, 6) is -9.71. The maximum Gasteiger partial charge on any atom is 0.247 e. The van der Waals surface area contributed by atoms with E-state index in [1.165, 1.54) is 12.3 Å². The molecule has 0 aliphatic heterocycles. The highest BCUT2D eigenvalue weighted by Crippen LogP contribution is 2.34. The molecule has 0 fully saturated rings. The standard InChI is InChI=1S/C13H10F4N2O3S/c1-18-23(20,21)13-11(17)9(15)8(14)10(16)12(13)22-6-7-4-2-3-5-19-7/h2-5,18H,6H2,1H3. The van der Waals surface area contributed by atoms with Gasteiger partial charge in [0.15, 0.2) is 22.3 Å². The van der Waals surface area contributed by atoms with Gasteiger partial charge in [-0.15, -0.1) is 0 Å². The summed E-state index contributed by atoms with van der Waals surface area (Å²) in [6, 6.07) is 4.61. The Morgan fingerprint density at radius 2 is 1.74 bits per heavy atom. The molecule has 124 valence electrons. The minimum atomic E-state index is -4.64. The van der Waals surface area contributed by atoms with Crippen LogP contribution in [0.15, 0.2) is 29.3 Å². The summed E-state index contributed by atoms with van der Waals surface area (Å²) >= 11 is 0. The maximum atomic E-state index is 13.9. The Balaban J connectivity index is 2.57. The van der Waals surface area contributed by atoms with Crippen LogP contribution in [0.4, 0.5) is 17.6 Å². The quantitative estimate of drug-likeness (QED) is 0.510. The third kappa shape index (κ3) is 3.27. The summed E-state index contributed by atoms with van der Waals surface area (Å²) in [6.07, 6.45) is 1.38. The fraction of sp³-hybridized carbons (Fsp3) is 0.154. The molecule has 5 nitrogen and oxygen atoms in total. The molecule has 0 saturated heterocycles. The van der Waals surface area contributed by atoms with E-state index in [4.69, 9.17) is 4.74 Å². The third-order valence-corrected chi connectivity index (χ3v) is 4.25. The molecule has 2 rings (SSSR count). The Bertz CT molecular complexity index is 829. The van der Waals surface area contributed by atoms with Crippen molar-refractivity contribution in [2.24, 2.45) is 0 Å². The van der Waals surface area contributed by atoms with Gasteiger partial charge >= 0.3 is 0 Å². The molecule has 0 amide bonds. The van der Waals surface area contributed by atoms with Crippen molar-refractivity contribution in [3.05, 3.63) is 53.4 Å². The molecular formula is C13H10F4N2O3S. The molecule has 0 saturated carbocycles. The molecule has 0 aliphatic rings. The SMILES string of the molecule is CNS(=O)(=O)c1c(F)c(F)c(F)c(F)c1OCc1ccccn1. The second-order valence-corrected chi connectivity index (χ2v) is 6.05. The molecule has 1 aromatic heterocycles. The van der Waals surface area contributed by atoms with Gasteiger partial charge in [-0.2, -0.15) is 4.39 Å². The molecule has 1 N–H and O–H groups in total. The third-order valence-electron chi connectivity index (χ3n) is 2.81. The Morgan fingerprint density at radius 1 is 1.09 bits per heavy atom. The number of hydrogen-bond donors (Lipinski definition) is 1. The fourth-order valence-electron chi connectivity index (χ4n) is 1.69. The van der Waals surface area contributed by atoms with Gasteiger partial charge in [-0.05, 0) is 19.2 Å². The molecule has 0 radical (unpaired) electrons. The zero-order valence-corrected chi connectivity index (χ0v) is 12.4. The Hall–Kier alpha value is -2.20. The highest BCUT2D eigenvalue weighted by Gasteiger charge is 2.33. The second kappa shape index (κ2) is 6.50. The molecule has 10 heteroatoms. The molecule has 1 aromatic carbocycles. The van der Waals surface area contributed by atoms with Crippen LogP contribution in [0.5, 0.6) is 5.75 Å². The Morgan fingerprint density at radius 3 is 2.30 bits per heavy atom. The van der Waals surface area contributed by atoms with E-state index in [1.807, 2.05) is 0 Å². The lowest BCUT2D eigenvalue weighted by atomic mass is 10.3. The number of nitrogens with one attached hydrogen (secondary N) is 1. The van der Waals surface area contributed by atoms with Gasteiger partial charge in [0.25, 0.3) is 0 Å². The Kier molecular flexibility index (Phi) is 4.85. The van der Waals surface area contributed by atoms with E-state index >= 15 is 0 Å². The van der Waals surface area contributed by atoms with Crippen molar-refractivity contribution in [3.63, 3.8) is 0 Å². The van der Waals surface area contributed by atoms with E-state index in [9.17, 15) is 26.0 Å². The fourth-order valence-corrected chi connectivity index (χ4v) is 2.61. The monoisotopic (exact) mass is 350 g/mol. The van der Waals surface area contributed by atoms with E-state index in [-0.39, 0.29) is 5.69 Å². The first-order valence-electron chi connectivity index (χ1n) is 6.11. The number of hydrogen-bond acceptors (Lipinski definition) is 4. The summed E-state index contributed by atoms with van der Waals surface area (Å²) in [5, 5.41) is 0. The number of ether oxygens (including phenoxy) is 1. The van der Waals surface area contributed by atoms with Crippen LogP contribution < -0.4 is 9.46 Å². The molecule has 2 aromatic rings. The number of nitrogens with zero attached hydrogens (tertiary/aromatic N) is 1. The largest absolute Gasteiger partial charge is 0.483 e. The first kappa shape index (κ1) is 17.2. The van der Waals surface area contributed by atoms with Crippen molar-refractivity contribution < 1.29 is 30.7 Å². The molecule has 0 unspecified atom stereocenters. The highest BCUT2D eigenvalue weighted by molar-refractivity contribution is 7.89. The van der Waals surface area contributed by atoms with Crippen molar-refractivity contribution in [2.45, 2.75) is 11.5 Å². The average molecular weight is 350 g/mol. The van der Waals surface area contributed by atoms with E-state index in [0.29, 0.717) is 0 Å². The summed E-state index contributed by atoms with van der Waals surface area (Å²) < 4.78 is 84.4. The summed E-state index contributed by atoms with van der Waals surface area (Å²) in [6.45, 7) is -0.478. The van der Waals surface area contributed by atoms with Crippen LogP contribution in [-0.4, -0.2) is 20.4 Å². The molecule has 0 spiro atoms. The van der Waals surface area contributed by atoms with Gasteiger partial charge in [0.05, 0.1) is 5.69 Å². The van der Waals surface area contributed by atoms with Crippen molar-refractivity contribution in [1.82, 2.24) is 9.71 Å². The molecule has 0 bridgehead atoms. The average Bonchev–Trinajstić information content (AvgIpc) is 2.55. The van der Waals surface area contributed by atoms with Crippen LogP contribution in [0.3, 0.4) is 0 Å². The van der Waals surface area contributed by atoms with Gasteiger partial charge in [0.2, 0.25) is 21.7 Å². The van der Waals surface area contributed by atoms with Gasteiger partial charge in [0, 0.05) is 6.20 Å². The van der Waals surface area contributed by atoms with Crippen molar-refractivity contribution in [1.29, 1.82) is 0 Å². The summed E-state index contributed by atoms with van der Waals surface area (Å²) in [7, 11) is -3.74. The topological polar surface area (TPSA) is 68.3 Å². The smallest absolute Gasteiger partial charge is 0.247 e. The minimum absolute atomic E-state index is 0.241. The number of sulfonamides is 1. The maximum absolute atomic E-state index is 13.9. The highest BCUT2D eigenvalue weighted by atomic mass is 32.2. The number of rotatable bonds is 5. The van der Waals surface area contributed by atoms with Gasteiger partial charge in [-0.25, -0.2) is 26.3 Å². The van der Waals surface area contributed by atoms with Crippen LogP contribution in [-0.2, 0) is 16.6 Å². The second-order valence-electron chi connectivity index (χ2n) is 4.23. The van der Waals surface area contributed by atoms with Crippen molar-refractivity contribution >= 4 is 10.0 Å². The molecular weight excluding hydrogens is 340 g/mol. The van der Waals surface area contributed by atoms with Gasteiger partial charge in [-0.1, -0.05) is 6.07 Å². The predicted molar refractivity (Wildman–Crippen MR) is 71.1 cm³/mol. The number of pyridine rings is 1. The molecule has 23 heavy (non-hydrogen) atoms. The molecule has 0 aliphatic carbocycles. The van der Waals surface area contributed by atoms with Gasteiger partial charge in [0.1, 0.15) is 6.61 Å². The molecule has 1 heterocycles. The van der Waals surface area contributed by atoms with E-state index < -0.39 is 50.5 Å².